The van der Waals surface area contributed by atoms with Crippen molar-refractivity contribution < 1.29 is 9.47 Å². The van der Waals surface area contributed by atoms with Crippen LogP contribution in [0.2, 0.25) is 0 Å². The van der Waals surface area contributed by atoms with Crippen LogP contribution in [0.25, 0.3) is 0 Å². The Kier molecular flexibility index (Phi) is 5.32. The van der Waals surface area contributed by atoms with E-state index in [9.17, 15) is 0 Å². The van der Waals surface area contributed by atoms with Gasteiger partial charge in [0.1, 0.15) is 11.5 Å². The van der Waals surface area contributed by atoms with Gasteiger partial charge in [-0.25, -0.2) is 0 Å². The van der Waals surface area contributed by atoms with Crippen LogP contribution in [0.3, 0.4) is 0 Å². The SMILES string of the molecule is COc1ccc(C2(C)CCC(C(C)(C)c3ccc(OC)cc3)CC2)cc1. The molecular formula is C24H32O2. The van der Waals surface area contributed by atoms with Crippen molar-refractivity contribution in [3.63, 3.8) is 0 Å². The fourth-order valence-electron chi connectivity index (χ4n) is 4.51. The lowest BCUT2D eigenvalue weighted by atomic mass is 9.60. The number of hydrogen-bond acceptors (Lipinski definition) is 2. The summed E-state index contributed by atoms with van der Waals surface area (Å²) in [5.74, 6) is 2.58. The molecule has 0 N–H and O–H groups in total. The summed E-state index contributed by atoms with van der Waals surface area (Å²) >= 11 is 0. The Morgan fingerprint density at radius 3 is 1.73 bits per heavy atom. The lowest BCUT2D eigenvalue weighted by Crippen LogP contribution is -2.36. The second kappa shape index (κ2) is 7.34. The molecule has 1 saturated carbocycles. The summed E-state index contributed by atoms with van der Waals surface area (Å²) in [5, 5.41) is 0. The van der Waals surface area contributed by atoms with Crippen LogP contribution in [0.15, 0.2) is 48.5 Å². The van der Waals surface area contributed by atoms with Crippen LogP contribution in [0.4, 0.5) is 0 Å². The number of ether oxygens (including phenoxy) is 2. The van der Waals surface area contributed by atoms with E-state index in [-0.39, 0.29) is 10.8 Å². The molecule has 0 amide bonds. The zero-order chi connectivity index (χ0) is 18.8. The molecule has 3 rings (SSSR count). The van der Waals surface area contributed by atoms with E-state index in [2.05, 4.69) is 69.3 Å². The molecule has 2 heteroatoms. The number of methoxy groups -OCH3 is 2. The summed E-state index contributed by atoms with van der Waals surface area (Å²) in [6.45, 7) is 7.22. The molecule has 2 aromatic carbocycles. The number of rotatable bonds is 5. The Morgan fingerprint density at radius 1 is 0.808 bits per heavy atom. The molecule has 1 aliphatic carbocycles. The molecule has 2 nitrogen and oxygen atoms in total. The summed E-state index contributed by atoms with van der Waals surface area (Å²) in [4.78, 5) is 0. The van der Waals surface area contributed by atoms with Crippen molar-refractivity contribution in [2.75, 3.05) is 14.2 Å². The molecule has 0 unspecified atom stereocenters. The topological polar surface area (TPSA) is 18.5 Å². The largest absolute Gasteiger partial charge is 0.497 e. The minimum atomic E-state index is 0.188. The van der Waals surface area contributed by atoms with Crippen molar-refractivity contribution >= 4 is 0 Å². The van der Waals surface area contributed by atoms with E-state index in [0.717, 1.165) is 11.5 Å². The lowest BCUT2D eigenvalue weighted by Gasteiger charge is -2.44. The minimum Gasteiger partial charge on any atom is -0.497 e. The maximum absolute atomic E-state index is 5.31. The van der Waals surface area contributed by atoms with Gasteiger partial charge in [-0.05, 0) is 77.8 Å². The molecule has 0 aromatic heterocycles. The number of benzene rings is 2. The first kappa shape index (κ1) is 18.8. The number of hydrogen-bond donors (Lipinski definition) is 0. The fourth-order valence-corrected chi connectivity index (χ4v) is 4.51. The third-order valence-corrected chi connectivity index (χ3v) is 6.73. The van der Waals surface area contributed by atoms with Gasteiger partial charge in [-0.15, -0.1) is 0 Å². The zero-order valence-corrected chi connectivity index (χ0v) is 16.8. The second-order valence-corrected chi connectivity index (χ2v) is 8.51. The molecule has 1 fully saturated rings. The van der Waals surface area contributed by atoms with Gasteiger partial charge in [0.15, 0.2) is 0 Å². The molecule has 26 heavy (non-hydrogen) atoms. The first-order chi connectivity index (χ1) is 12.4. The summed E-state index contributed by atoms with van der Waals surface area (Å²) in [7, 11) is 3.45. The van der Waals surface area contributed by atoms with E-state index in [4.69, 9.17) is 9.47 Å². The van der Waals surface area contributed by atoms with Crippen LogP contribution in [-0.2, 0) is 10.8 Å². The van der Waals surface area contributed by atoms with Crippen LogP contribution < -0.4 is 9.47 Å². The van der Waals surface area contributed by atoms with Gasteiger partial charge in [-0.3, -0.25) is 0 Å². The predicted octanol–water partition coefficient (Wildman–Crippen LogP) is 6.13. The normalized spacial score (nSPS) is 23.5. The quantitative estimate of drug-likeness (QED) is 0.644. The maximum atomic E-state index is 5.31. The highest BCUT2D eigenvalue weighted by molar-refractivity contribution is 5.34. The van der Waals surface area contributed by atoms with Gasteiger partial charge in [-0.2, -0.15) is 0 Å². The van der Waals surface area contributed by atoms with E-state index < -0.39 is 0 Å². The average molecular weight is 353 g/mol. The van der Waals surface area contributed by atoms with Crippen LogP contribution in [-0.4, -0.2) is 14.2 Å². The van der Waals surface area contributed by atoms with E-state index in [1.54, 1.807) is 14.2 Å². The molecule has 0 aliphatic heterocycles. The summed E-state index contributed by atoms with van der Waals surface area (Å²) in [6.07, 6.45) is 5.01. The predicted molar refractivity (Wildman–Crippen MR) is 108 cm³/mol. The van der Waals surface area contributed by atoms with Crippen molar-refractivity contribution in [2.24, 2.45) is 5.92 Å². The van der Waals surface area contributed by atoms with Crippen LogP contribution >= 0.6 is 0 Å². The Labute approximate surface area is 158 Å². The Morgan fingerprint density at radius 2 is 1.27 bits per heavy atom. The van der Waals surface area contributed by atoms with Gasteiger partial charge >= 0.3 is 0 Å². The Hall–Kier alpha value is -1.96. The highest BCUT2D eigenvalue weighted by atomic mass is 16.5. The molecule has 0 heterocycles. The van der Waals surface area contributed by atoms with Crippen molar-refractivity contribution in [1.29, 1.82) is 0 Å². The molecule has 0 spiro atoms. The highest BCUT2D eigenvalue weighted by Gasteiger charge is 2.39. The molecule has 2 aromatic rings. The van der Waals surface area contributed by atoms with Crippen molar-refractivity contribution in [1.82, 2.24) is 0 Å². The third-order valence-electron chi connectivity index (χ3n) is 6.73. The molecule has 0 saturated heterocycles. The van der Waals surface area contributed by atoms with Gasteiger partial charge in [0.05, 0.1) is 14.2 Å². The van der Waals surface area contributed by atoms with Crippen molar-refractivity contribution in [3.05, 3.63) is 59.7 Å². The van der Waals surface area contributed by atoms with Gasteiger partial charge in [0.25, 0.3) is 0 Å². The van der Waals surface area contributed by atoms with Gasteiger partial charge in [-0.1, -0.05) is 45.0 Å². The third kappa shape index (κ3) is 3.60. The van der Waals surface area contributed by atoms with Crippen LogP contribution in [0.5, 0.6) is 11.5 Å². The summed E-state index contributed by atoms with van der Waals surface area (Å²) in [5.41, 5.74) is 3.32. The molecular weight excluding hydrogens is 320 g/mol. The van der Waals surface area contributed by atoms with Crippen LogP contribution in [0, 0.1) is 5.92 Å². The highest BCUT2D eigenvalue weighted by Crippen LogP contribution is 2.48. The summed E-state index contributed by atoms with van der Waals surface area (Å²) in [6, 6.07) is 17.3. The molecule has 0 radical (unpaired) electrons. The van der Waals surface area contributed by atoms with E-state index in [1.165, 1.54) is 36.8 Å². The second-order valence-electron chi connectivity index (χ2n) is 8.51. The van der Waals surface area contributed by atoms with Crippen LogP contribution in [0.1, 0.15) is 57.6 Å². The summed E-state index contributed by atoms with van der Waals surface area (Å²) < 4.78 is 10.6. The smallest absolute Gasteiger partial charge is 0.118 e. The van der Waals surface area contributed by atoms with E-state index >= 15 is 0 Å². The molecule has 0 bridgehead atoms. The first-order valence-corrected chi connectivity index (χ1v) is 9.68. The van der Waals surface area contributed by atoms with Gasteiger partial charge in [0.2, 0.25) is 0 Å². The minimum absolute atomic E-state index is 0.188. The standard InChI is InChI=1S/C24H32O2/c1-23(2,18-6-10-21(25-4)11-7-18)19-14-16-24(3,17-15-19)20-8-12-22(26-5)13-9-20/h6-13,19H,14-17H2,1-5H3. The monoisotopic (exact) mass is 352 g/mol. The van der Waals surface area contributed by atoms with E-state index in [1.807, 2.05) is 0 Å². The molecule has 1 aliphatic rings. The molecule has 140 valence electrons. The average Bonchev–Trinajstić information content (AvgIpc) is 2.68. The molecule has 0 atom stereocenters. The fraction of sp³-hybridized carbons (Fsp3) is 0.500. The lowest BCUT2D eigenvalue weighted by molar-refractivity contribution is 0.178. The van der Waals surface area contributed by atoms with Crippen molar-refractivity contribution in [2.45, 2.75) is 57.3 Å². The van der Waals surface area contributed by atoms with Gasteiger partial charge in [0, 0.05) is 0 Å². The van der Waals surface area contributed by atoms with Gasteiger partial charge < -0.3 is 9.47 Å². The maximum Gasteiger partial charge on any atom is 0.118 e. The Bertz CT molecular complexity index is 705. The zero-order valence-electron chi connectivity index (χ0n) is 16.8. The van der Waals surface area contributed by atoms with E-state index in [0.29, 0.717) is 5.92 Å². The Balaban J connectivity index is 1.71. The first-order valence-electron chi connectivity index (χ1n) is 9.68. The van der Waals surface area contributed by atoms with Crippen molar-refractivity contribution in [3.8, 4) is 11.5 Å².